The van der Waals surface area contributed by atoms with Crippen molar-refractivity contribution in [2.45, 2.75) is 57.0 Å². The molecule has 4 nitrogen and oxygen atoms in total. The van der Waals surface area contributed by atoms with Gasteiger partial charge in [-0.3, -0.25) is 9.69 Å². The molecular weight excluding hydrogens is 283 g/mol. The zero-order chi connectivity index (χ0) is 15.5. The highest BCUT2D eigenvalue weighted by atomic mass is 19.1. The molecule has 120 valence electrons. The summed E-state index contributed by atoms with van der Waals surface area (Å²) in [5.74, 6) is 0.412. The van der Waals surface area contributed by atoms with E-state index in [4.69, 9.17) is 10.5 Å². The largest absolute Gasteiger partial charge is 0.490 e. The van der Waals surface area contributed by atoms with E-state index in [-0.39, 0.29) is 13.0 Å². The van der Waals surface area contributed by atoms with E-state index in [1.807, 2.05) is 29.2 Å². The van der Waals surface area contributed by atoms with Crippen LogP contribution in [0.2, 0.25) is 0 Å². The Kier molecular flexibility index (Phi) is 4.62. The molecule has 0 aromatic heterocycles. The molecule has 1 aromatic rings. The van der Waals surface area contributed by atoms with Crippen LogP contribution in [0, 0.1) is 0 Å². The van der Waals surface area contributed by atoms with Crippen LogP contribution in [-0.4, -0.2) is 35.7 Å². The first kappa shape index (κ1) is 15.3. The predicted molar refractivity (Wildman–Crippen MR) is 82.2 cm³/mol. The number of carbonyl (C=O) groups excluding carboxylic acids is 1. The predicted octanol–water partition coefficient (Wildman–Crippen LogP) is 2.41. The first-order chi connectivity index (χ1) is 10.6. The van der Waals surface area contributed by atoms with E-state index in [1.165, 1.54) is 12.8 Å². The molecule has 1 aromatic carbocycles. The van der Waals surface area contributed by atoms with Gasteiger partial charge in [0.05, 0.1) is 12.1 Å². The SMILES string of the molecule is NC(=O)[C@@H]1C[C@@H](F)CN1Cc1cccc(OC2CCCC2)c1. The molecule has 1 aliphatic heterocycles. The Morgan fingerprint density at radius 2 is 2.14 bits per heavy atom. The van der Waals surface area contributed by atoms with Gasteiger partial charge in [-0.2, -0.15) is 0 Å². The van der Waals surface area contributed by atoms with Crippen LogP contribution in [0.4, 0.5) is 4.39 Å². The molecule has 3 rings (SSSR count). The van der Waals surface area contributed by atoms with Gasteiger partial charge in [0.15, 0.2) is 0 Å². The van der Waals surface area contributed by atoms with Crippen molar-refractivity contribution in [1.29, 1.82) is 0 Å². The number of amides is 1. The number of nitrogens with two attached hydrogens (primary N) is 1. The monoisotopic (exact) mass is 306 g/mol. The van der Waals surface area contributed by atoms with Crippen molar-refractivity contribution in [1.82, 2.24) is 4.90 Å². The zero-order valence-corrected chi connectivity index (χ0v) is 12.7. The summed E-state index contributed by atoms with van der Waals surface area (Å²) in [6.45, 7) is 0.789. The molecule has 0 radical (unpaired) electrons. The third-order valence-corrected chi connectivity index (χ3v) is 4.57. The number of halogens is 1. The smallest absolute Gasteiger partial charge is 0.234 e. The fraction of sp³-hybridized carbons (Fsp3) is 0.588. The fourth-order valence-corrected chi connectivity index (χ4v) is 3.47. The quantitative estimate of drug-likeness (QED) is 0.909. The zero-order valence-electron chi connectivity index (χ0n) is 12.7. The van der Waals surface area contributed by atoms with Crippen LogP contribution in [0.1, 0.15) is 37.7 Å². The minimum atomic E-state index is -0.976. The third-order valence-electron chi connectivity index (χ3n) is 4.57. The summed E-state index contributed by atoms with van der Waals surface area (Å²) in [5.41, 5.74) is 6.39. The molecule has 0 spiro atoms. The van der Waals surface area contributed by atoms with Crippen molar-refractivity contribution in [2.75, 3.05) is 6.54 Å². The minimum absolute atomic E-state index is 0.202. The number of alkyl halides is 1. The van der Waals surface area contributed by atoms with E-state index in [9.17, 15) is 9.18 Å². The highest BCUT2D eigenvalue weighted by molar-refractivity contribution is 5.80. The van der Waals surface area contributed by atoms with Gasteiger partial charge in [0, 0.05) is 19.5 Å². The van der Waals surface area contributed by atoms with Crippen LogP contribution in [0.5, 0.6) is 5.75 Å². The highest BCUT2D eigenvalue weighted by Crippen LogP contribution is 2.26. The Hall–Kier alpha value is -1.62. The van der Waals surface area contributed by atoms with Crippen molar-refractivity contribution in [3.63, 3.8) is 0 Å². The Bertz CT molecular complexity index is 531. The Balaban J connectivity index is 1.65. The number of ether oxygens (including phenoxy) is 1. The number of nitrogens with zero attached hydrogens (tertiary/aromatic N) is 1. The van der Waals surface area contributed by atoms with E-state index >= 15 is 0 Å². The normalized spacial score (nSPS) is 26.4. The standard InChI is InChI=1S/C17H23FN2O2/c18-13-9-16(17(19)21)20(11-13)10-12-4-3-7-15(8-12)22-14-5-1-2-6-14/h3-4,7-8,13-14,16H,1-2,5-6,9-11H2,(H2,19,21)/t13-,16+/m1/s1. The summed E-state index contributed by atoms with van der Waals surface area (Å²) in [6.07, 6.45) is 4.24. The lowest BCUT2D eigenvalue weighted by Crippen LogP contribution is -2.39. The average Bonchev–Trinajstić information content (AvgIpc) is 3.09. The number of likely N-dealkylation sites (tertiary alicyclic amines) is 1. The number of primary amides is 1. The summed E-state index contributed by atoms with van der Waals surface area (Å²) in [4.78, 5) is 13.3. The van der Waals surface area contributed by atoms with Crippen LogP contribution < -0.4 is 10.5 Å². The van der Waals surface area contributed by atoms with Crippen molar-refractivity contribution in [3.8, 4) is 5.75 Å². The van der Waals surface area contributed by atoms with Gasteiger partial charge in [0.25, 0.3) is 0 Å². The van der Waals surface area contributed by atoms with Gasteiger partial charge >= 0.3 is 0 Å². The van der Waals surface area contributed by atoms with Gasteiger partial charge in [0.2, 0.25) is 5.91 Å². The molecule has 1 aliphatic carbocycles. The topological polar surface area (TPSA) is 55.6 Å². The van der Waals surface area contributed by atoms with E-state index in [0.717, 1.165) is 24.2 Å². The Morgan fingerprint density at radius 3 is 2.86 bits per heavy atom. The molecule has 0 bridgehead atoms. The average molecular weight is 306 g/mol. The van der Waals surface area contributed by atoms with Crippen LogP contribution in [0.25, 0.3) is 0 Å². The minimum Gasteiger partial charge on any atom is -0.490 e. The third kappa shape index (κ3) is 3.58. The van der Waals surface area contributed by atoms with Crippen molar-refractivity contribution < 1.29 is 13.9 Å². The van der Waals surface area contributed by atoms with Gasteiger partial charge in [-0.1, -0.05) is 12.1 Å². The van der Waals surface area contributed by atoms with E-state index in [2.05, 4.69) is 0 Å². The van der Waals surface area contributed by atoms with Gasteiger partial charge in [-0.15, -0.1) is 0 Å². The second kappa shape index (κ2) is 6.65. The van der Waals surface area contributed by atoms with E-state index in [1.54, 1.807) is 0 Å². The second-order valence-electron chi connectivity index (χ2n) is 6.35. The van der Waals surface area contributed by atoms with Gasteiger partial charge in [-0.05, 0) is 43.4 Å². The molecule has 1 saturated carbocycles. The Morgan fingerprint density at radius 1 is 1.36 bits per heavy atom. The van der Waals surface area contributed by atoms with Crippen molar-refractivity contribution >= 4 is 5.91 Å². The molecule has 0 unspecified atom stereocenters. The lowest BCUT2D eigenvalue weighted by molar-refractivity contribution is -0.122. The van der Waals surface area contributed by atoms with Crippen molar-refractivity contribution in [2.24, 2.45) is 5.73 Å². The molecule has 22 heavy (non-hydrogen) atoms. The molecule has 5 heteroatoms. The molecule has 2 N–H and O–H groups in total. The second-order valence-corrected chi connectivity index (χ2v) is 6.35. The molecule has 1 amide bonds. The molecule has 2 atom stereocenters. The number of benzene rings is 1. The van der Waals surface area contributed by atoms with Crippen molar-refractivity contribution in [3.05, 3.63) is 29.8 Å². The summed E-state index contributed by atoms with van der Waals surface area (Å²) < 4.78 is 19.6. The number of hydrogen-bond acceptors (Lipinski definition) is 3. The van der Waals surface area contributed by atoms with E-state index < -0.39 is 18.1 Å². The number of rotatable bonds is 5. The summed E-state index contributed by atoms with van der Waals surface area (Å²) >= 11 is 0. The number of hydrogen-bond donors (Lipinski definition) is 1. The molecule has 1 saturated heterocycles. The lowest BCUT2D eigenvalue weighted by Gasteiger charge is -2.22. The van der Waals surface area contributed by atoms with Gasteiger partial charge in [-0.25, -0.2) is 4.39 Å². The molecule has 2 fully saturated rings. The summed E-state index contributed by atoms with van der Waals surface area (Å²) in [7, 11) is 0. The maximum atomic E-state index is 13.6. The van der Waals surface area contributed by atoms with E-state index in [0.29, 0.717) is 12.6 Å². The first-order valence-corrected chi connectivity index (χ1v) is 8.05. The lowest BCUT2D eigenvalue weighted by atomic mass is 10.1. The summed E-state index contributed by atoms with van der Waals surface area (Å²) in [5, 5.41) is 0. The summed E-state index contributed by atoms with van der Waals surface area (Å²) in [6, 6.07) is 7.36. The fourth-order valence-electron chi connectivity index (χ4n) is 3.47. The number of carbonyl (C=O) groups is 1. The van der Waals surface area contributed by atoms with Gasteiger partial charge < -0.3 is 10.5 Å². The Labute approximate surface area is 130 Å². The first-order valence-electron chi connectivity index (χ1n) is 8.05. The highest BCUT2D eigenvalue weighted by Gasteiger charge is 2.35. The van der Waals surface area contributed by atoms with Crippen LogP contribution in [0.3, 0.4) is 0 Å². The molecule has 1 heterocycles. The van der Waals surface area contributed by atoms with Crippen LogP contribution >= 0.6 is 0 Å². The maximum Gasteiger partial charge on any atom is 0.234 e. The molecule has 2 aliphatic rings. The maximum absolute atomic E-state index is 13.6. The van der Waals surface area contributed by atoms with Crippen LogP contribution in [0.15, 0.2) is 24.3 Å². The van der Waals surface area contributed by atoms with Gasteiger partial charge in [0.1, 0.15) is 11.9 Å². The van der Waals surface area contributed by atoms with Crippen LogP contribution in [-0.2, 0) is 11.3 Å². The molecular formula is C17H23FN2O2.